The number of amides is 1. The van der Waals surface area contributed by atoms with Crippen molar-refractivity contribution >= 4 is 40.3 Å². The topological polar surface area (TPSA) is 76.1 Å². The maximum atomic E-state index is 13.4. The van der Waals surface area contributed by atoms with Crippen molar-refractivity contribution in [3.8, 4) is 11.5 Å². The van der Waals surface area contributed by atoms with Crippen LogP contribution in [0.1, 0.15) is 27.2 Å². The van der Waals surface area contributed by atoms with Crippen LogP contribution in [-0.4, -0.2) is 31.0 Å². The van der Waals surface area contributed by atoms with Crippen LogP contribution in [0.25, 0.3) is 0 Å². The van der Waals surface area contributed by atoms with Crippen LogP contribution in [0.3, 0.4) is 0 Å². The fourth-order valence-electron chi connectivity index (χ4n) is 3.78. The number of aliphatic hydroxyl groups is 1. The largest absolute Gasteiger partial charge is 0.493 e. The minimum atomic E-state index is -1.94. The molecule has 0 unspecified atom stereocenters. The summed E-state index contributed by atoms with van der Waals surface area (Å²) in [4.78, 5) is 28.1. The highest BCUT2D eigenvalue weighted by Crippen LogP contribution is 2.44. The van der Waals surface area contributed by atoms with E-state index in [2.05, 4.69) is 0 Å². The lowest BCUT2D eigenvalue weighted by atomic mass is 9.89. The number of Topliss-reactive ketones (excluding diaryl/α,β-unsaturated/α-hetero) is 1. The Hall–Kier alpha value is -2.87. The SMILES string of the molecule is COc1ccc(CN2C(=O)[C@@](O)(CC(=O)c3ccc(Cl)s3)c3ccccc32)cc1OC. The van der Waals surface area contributed by atoms with E-state index >= 15 is 0 Å². The van der Waals surface area contributed by atoms with E-state index in [0.29, 0.717) is 32.0 Å². The van der Waals surface area contributed by atoms with Gasteiger partial charge in [-0.3, -0.25) is 9.59 Å². The molecule has 1 N–H and O–H groups in total. The number of thiophene rings is 1. The van der Waals surface area contributed by atoms with Gasteiger partial charge in [0.05, 0.1) is 42.1 Å². The zero-order chi connectivity index (χ0) is 22.2. The molecule has 0 bridgehead atoms. The van der Waals surface area contributed by atoms with Crippen LogP contribution in [0.4, 0.5) is 5.69 Å². The predicted octanol–water partition coefficient (Wildman–Crippen LogP) is 4.43. The van der Waals surface area contributed by atoms with Crippen LogP contribution in [-0.2, 0) is 16.9 Å². The molecular formula is C23H20ClNO5S. The van der Waals surface area contributed by atoms with Crippen LogP contribution in [0.5, 0.6) is 11.5 Å². The fraction of sp³-hybridized carbons (Fsp3) is 0.217. The molecule has 160 valence electrons. The fourth-order valence-corrected chi connectivity index (χ4v) is 4.76. The quantitative estimate of drug-likeness (QED) is 0.531. The second kappa shape index (κ2) is 8.34. The van der Waals surface area contributed by atoms with Gasteiger partial charge in [-0.15, -0.1) is 11.3 Å². The van der Waals surface area contributed by atoms with Crippen LogP contribution in [0.2, 0.25) is 4.34 Å². The highest BCUT2D eigenvalue weighted by Gasteiger charge is 2.50. The van der Waals surface area contributed by atoms with Gasteiger partial charge < -0.3 is 19.5 Å². The zero-order valence-electron chi connectivity index (χ0n) is 16.9. The minimum Gasteiger partial charge on any atom is -0.493 e. The number of benzene rings is 2. The average Bonchev–Trinajstić information content (AvgIpc) is 3.30. The molecule has 1 atom stereocenters. The monoisotopic (exact) mass is 457 g/mol. The number of methoxy groups -OCH3 is 2. The number of carbonyl (C=O) groups is 2. The summed E-state index contributed by atoms with van der Waals surface area (Å²) in [6.45, 7) is 0.206. The molecule has 0 fully saturated rings. The Morgan fingerprint density at radius 2 is 1.84 bits per heavy atom. The molecule has 0 saturated heterocycles. The van der Waals surface area contributed by atoms with Crippen molar-refractivity contribution in [2.75, 3.05) is 19.1 Å². The van der Waals surface area contributed by atoms with E-state index < -0.39 is 11.5 Å². The minimum absolute atomic E-state index is 0.206. The second-order valence-electron chi connectivity index (χ2n) is 7.16. The van der Waals surface area contributed by atoms with Gasteiger partial charge in [0.25, 0.3) is 5.91 Å². The van der Waals surface area contributed by atoms with Crippen LogP contribution < -0.4 is 14.4 Å². The second-order valence-corrected chi connectivity index (χ2v) is 8.88. The third-order valence-electron chi connectivity index (χ3n) is 5.29. The third-order valence-corrected chi connectivity index (χ3v) is 6.56. The van der Waals surface area contributed by atoms with E-state index in [9.17, 15) is 14.7 Å². The Morgan fingerprint density at radius 1 is 1.10 bits per heavy atom. The lowest BCUT2D eigenvalue weighted by Crippen LogP contribution is -2.41. The number of hydrogen-bond acceptors (Lipinski definition) is 6. The Labute approximate surface area is 188 Å². The molecule has 2 heterocycles. The van der Waals surface area contributed by atoms with Gasteiger partial charge in [-0.1, -0.05) is 35.9 Å². The van der Waals surface area contributed by atoms with E-state index in [-0.39, 0.29) is 18.7 Å². The van der Waals surface area contributed by atoms with Gasteiger partial charge >= 0.3 is 0 Å². The maximum Gasteiger partial charge on any atom is 0.264 e. The summed E-state index contributed by atoms with van der Waals surface area (Å²) >= 11 is 7.06. The molecule has 2 aromatic carbocycles. The number of halogens is 1. The molecule has 1 aliphatic heterocycles. The van der Waals surface area contributed by atoms with E-state index in [1.807, 2.05) is 6.07 Å². The van der Waals surface area contributed by atoms with E-state index in [1.54, 1.807) is 62.8 Å². The van der Waals surface area contributed by atoms with E-state index in [4.69, 9.17) is 21.1 Å². The Bertz CT molecular complexity index is 1160. The third kappa shape index (κ3) is 3.80. The van der Waals surface area contributed by atoms with Gasteiger partial charge in [-0.05, 0) is 35.9 Å². The van der Waals surface area contributed by atoms with Crippen LogP contribution >= 0.6 is 22.9 Å². The number of ketones is 1. The molecule has 6 nitrogen and oxygen atoms in total. The average molecular weight is 458 g/mol. The lowest BCUT2D eigenvalue weighted by molar-refractivity contribution is -0.136. The smallest absolute Gasteiger partial charge is 0.264 e. The predicted molar refractivity (Wildman–Crippen MR) is 119 cm³/mol. The molecule has 0 aliphatic carbocycles. The van der Waals surface area contributed by atoms with Gasteiger partial charge in [-0.25, -0.2) is 0 Å². The van der Waals surface area contributed by atoms with Crippen molar-refractivity contribution in [3.63, 3.8) is 0 Å². The van der Waals surface area contributed by atoms with Gasteiger partial charge in [0.1, 0.15) is 0 Å². The summed E-state index contributed by atoms with van der Waals surface area (Å²) in [7, 11) is 3.09. The van der Waals surface area contributed by atoms with Crippen molar-refractivity contribution in [2.45, 2.75) is 18.6 Å². The standard InChI is InChI=1S/C23H20ClNO5S/c1-29-18-8-7-14(11-19(18)30-2)13-25-16-6-4-3-5-15(16)23(28,22(25)27)12-17(26)20-9-10-21(24)31-20/h3-11,28H,12-13H2,1-2H3/t23-/m1/s1. The molecule has 31 heavy (non-hydrogen) atoms. The van der Waals surface area contributed by atoms with Gasteiger partial charge in [0.2, 0.25) is 0 Å². The Balaban J connectivity index is 1.67. The molecule has 8 heteroatoms. The number of anilines is 1. The first kappa shape index (κ1) is 21.4. The van der Waals surface area contributed by atoms with Gasteiger partial charge in [-0.2, -0.15) is 0 Å². The Morgan fingerprint density at radius 3 is 2.52 bits per heavy atom. The number of rotatable bonds is 7. The maximum absolute atomic E-state index is 13.4. The normalized spacial score (nSPS) is 17.5. The lowest BCUT2D eigenvalue weighted by Gasteiger charge is -2.23. The number of ether oxygens (including phenoxy) is 2. The molecular weight excluding hydrogens is 438 g/mol. The van der Waals surface area contributed by atoms with Crippen molar-refractivity contribution < 1.29 is 24.2 Å². The highest BCUT2D eigenvalue weighted by atomic mass is 35.5. The summed E-state index contributed by atoms with van der Waals surface area (Å²) in [5.74, 6) is 0.242. The van der Waals surface area contributed by atoms with Crippen molar-refractivity contribution in [1.29, 1.82) is 0 Å². The zero-order valence-corrected chi connectivity index (χ0v) is 18.5. The van der Waals surface area contributed by atoms with Crippen molar-refractivity contribution in [2.24, 2.45) is 0 Å². The van der Waals surface area contributed by atoms with Crippen LogP contribution in [0, 0.1) is 0 Å². The van der Waals surface area contributed by atoms with Gasteiger partial charge in [0, 0.05) is 5.56 Å². The number of nitrogens with zero attached hydrogens (tertiary/aromatic N) is 1. The summed E-state index contributed by atoms with van der Waals surface area (Å²) in [6, 6.07) is 15.6. The number of para-hydroxylation sites is 1. The summed E-state index contributed by atoms with van der Waals surface area (Å²) in [5, 5.41) is 11.4. The molecule has 0 spiro atoms. The molecule has 4 rings (SSSR count). The van der Waals surface area contributed by atoms with E-state index in [0.717, 1.165) is 16.9 Å². The Kier molecular flexibility index (Phi) is 5.75. The number of hydrogen-bond donors (Lipinski definition) is 1. The van der Waals surface area contributed by atoms with E-state index in [1.165, 1.54) is 4.90 Å². The first-order chi connectivity index (χ1) is 14.9. The number of carbonyl (C=O) groups excluding carboxylic acids is 2. The first-order valence-corrected chi connectivity index (χ1v) is 10.7. The molecule has 3 aromatic rings. The van der Waals surface area contributed by atoms with Gasteiger partial charge in [0.15, 0.2) is 22.9 Å². The molecule has 1 aromatic heterocycles. The summed E-state index contributed by atoms with van der Waals surface area (Å²) < 4.78 is 11.1. The molecule has 0 radical (unpaired) electrons. The molecule has 1 aliphatic rings. The first-order valence-electron chi connectivity index (χ1n) is 9.50. The molecule has 0 saturated carbocycles. The van der Waals surface area contributed by atoms with Crippen LogP contribution in [0.15, 0.2) is 54.6 Å². The van der Waals surface area contributed by atoms with Crippen molar-refractivity contribution in [3.05, 3.63) is 74.9 Å². The number of fused-ring (bicyclic) bond motifs is 1. The molecule has 1 amide bonds. The highest BCUT2D eigenvalue weighted by molar-refractivity contribution is 7.18. The summed E-state index contributed by atoms with van der Waals surface area (Å²) in [5.41, 5.74) is -0.166. The van der Waals surface area contributed by atoms with Crippen molar-refractivity contribution in [1.82, 2.24) is 0 Å². The summed E-state index contributed by atoms with van der Waals surface area (Å²) in [6.07, 6.45) is -0.359.